The van der Waals surface area contributed by atoms with Crippen molar-refractivity contribution in [1.29, 1.82) is 0 Å². The lowest BCUT2D eigenvalue weighted by Crippen LogP contribution is -2.41. The number of piperidine rings is 1. The molecule has 1 atom stereocenters. The normalized spacial score (nSPS) is 23.8. The molecule has 2 aromatic rings. The second kappa shape index (κ2) is 5.64. The van der Waals surface area contributed by atoms with E-state index in [-0.39, 0.29) is 0 Å². The van der Waals surface area contributed by atoms with Crippen LogP contribution in [0.5, 0.6) is 0 Å². The Kier molecular flexibility index (Phi) is 3.52. The van der Waals surface area contributed by atoms with Gasteiger partial charge in [-0.25, -0.2) is 0 Å². The van der Waals surface area contributed by atoms with E-state index in [0.29, 0.717) is 0 Å². The first kappa shape index (κ1) is 13.1. The molecule has 2 fully saturated rings. The van der Waals surface area contributed by atoms with Crippen LogP contribution in [-0.4, -0.2) is 30.7 Å². The molecule has 3 heterocycles. The van der Waals surface area contributed by atoms with Gasteiger partial charge in [-0.1, -0.05) is 18.2 Å². The van der Waals surface area contributed by atoms with Gasteiger partial charge in [0.25, 0.3) is 0 Å². The fourth-order valence-corrected chi connectivity index (χ4v) is 4.01. The summed E-state index contributed by atoms with van der Waals surface area (Å²) in [5.41, 5.74) is 2.47. The predicted molar refractivity (Wildman–Crippen MR) is 87.7 cm³/mol. The molecule has 21 heavy (non-hydrogen) atoms. The number of para-hydroxylation sites is 1. The van der Waals surface area contributed by atoms with Crippen molar-refractivity contribution in [2.45, 2.75) is 31.7 Å². The molecule has 3 heteroatoms. The molecule has 0 amide bonds. The van der Waals surface area contributed by atoms with Crippen LogP contribution in [0.1, 0.15) is 25.7 Å². The summed E-state index contributed by atoms with van der Waals surface area (Å²) < 4.78 is 0. The summed E-state index contributed by atoms with van der Waals surface area (Å²) >= 11 is 0. The third kappa shape index (κ3) is 2.51. The maximum absolute atomic E-state index is 4.48. The molecular weight excluding hydrogens is 258 g/mol. The van der Waals surface area contributed by atoms with Crippen molar-refractivity contribution in [1.82, 2.24) is 10.3 Å². The van der Waals surface area contributed by atoms with Crippen molar-refractivity contribution in [3.63, 3.8) is 0 Å². The van der Waals surface area contributed by atoms with E-state index in [2.05, 4.69) is 45.5 Å². The SMILES string of the molecule is c1ccc2c(N3CCC(C4CCCN4)CC3)ccnc2c1. The van der Waals surface area contributed by atoms with Crippen molar-refractivity contribution in [3.8, 4) is 0 Å². The minimum absolute atomic E-state index is 0.779. The number of aromatic nitrogens is 1. The quantitative estimate of drug-likeness (QED) is 0.916. The molecule has 110 valence electrons. The predicted octanol–water partition coefficient (Wildman–Crippen LogP) is 3.20. The number of pyridine rings is 1. The van der Waals surface area contributed by atoms with Gasteiger partial charge in [0.2, 0.25) is 0 Å². The standard InChI is InChI=1S/C18H23N3/c1-2-5-17-15(4-1)18(7-11-20-17)21-12-8-14(9-13-21)16-6-3-10-19-16/h1-2,4-5,7,11,14,16,19H,3,6,8-10,12-13H2. The van der Waals surface area contributed by atoms with Crippen LogP contribution in [0.2, 0.25) is 0 Å². The lowest BCUT2D eigenvalue weighted by molar-refractivity contribution is 0.319. The highest BCUT2D eigenvalue weighted by molar-refractivity contribution is 5.91. The maximum Gasteiger partial charge on any atom is 0.0722 e. The van der Waals surface area contributed by atoms with Crippen LogP contribution >= 0.6 is 0 Å². The van der Waals surface area contributed by atoms with Gasteiger partial charge >= 0.3 is 0 Å². The molecule has 1 aromatic carbocycles. The summed E-state index contributed by atoms with van der Waals surface area (Å²) in [5, 5.41) is 4.97. The Bertz CT molecular complexity index is 605. The highest BCUT2D eigenvalue weighted by Crippen LogP contribution is 2.31. The van der Waals surface area contributed by atoms with Gasteiger partial charge in [-0.2, -0.15) is 0 Å². The summed E-state index contributed by atoms with van der Waals surface area (Å²) in [6.45, 7) is 3.58. The van der Waals surface area contributed by atoms with E-state index in [4.69, 9.17) is 0 Å². The van der Waals surface area contributed by atoms with Crippen molar-refractivity contribution in [2.75, 3.05) is 24.5 Å². The molecule has 0 spiro atoms. The van der Waals surface area contributed by atoms with E-state index >= 15 is 0 Å². The van der Waals surface area contributed by atoms with Gasteiger partial charge in [0, 0.05) is 36.4 Å². The highest BCUT2D eigenvalue weighted by atomic mass is 15.1. The van der Waals surface area contributed by atoms with Crippen LogP contribution in [0.25, 0.3) is 10.9 Å². The fraction of sp³-hybridized carbons (Fsp3) is 0.500. The highest BCUT2D eigenvalue weighted by Gasteiger charge is 2.28. The molecule has 2 saturated heterocycles. The number of hydrogen-bond acceptors (Lipinski definition) is 3. The minimum Gasteiger partial charge on any atom is -0.371 e. The Labute approximate surface area is 126 Å². The minimum atomic E-state index is 0.779. The van der Waals surface area contributed by atoms with Crippen LogP contribution in [0.3, 0.4) is 0 Å². The third-order valence-electron chi connectivity index (χ3n) is 5.17. The number of nitrogens with one attached hydrogen (secondary N) is 1. The average Bonchev–Trinajstić information content (AvgIpc) is 3.09. The zero-order chi connectivity index (χ0) is 14.1. The summed E-state index contributed by atoms with van der Waals surface area (Å²) in [6, 6.07) is 11.4. The summed E-state index contributed by atoms with van der Waals surface area (Å²) in [4.78, 5) is 7.03. The molecule has 0 aliphatic carbocycles. The van der Waals surface area contributed by atoms with Gasteiger partial charge in [0.1, 0.15) is 0 Å². The largest absolute Gasteiger partial charge is 0.371 e. The van der Waals surface area contributed by atoms with Gasteiger partial charge in [-0.15, -0.1) is 0 Å². The number of rotatable bonds is 2. The van der Waals surface area contributed by atoms with E-state index in [9.17, 15) is 0 Å². The van der Waals surface area contributed by atoms with Crippen molar-refractivity contribution >= 4 is 16.6 Å². The summed E-state index contributed by atoms with van der Waals surface area (Å²) in [6.07, 6.45) is 7.31. The zero-order valence-electron chi connectivity index (χ0n) is 12.5. The van der Waals surface area contributed by atoms with E-state index in [0.717, 1.165) is 17.5 Å². The number of nitrogens with zero attached hydrogens (tertiary/aromatic N) is 2. The molecule has 2 aliphatic heterocycles. The molecule has 2 aliphatic rings. The second-order valence-corrected chi connectivity index (χ2v) is 6.37. The molecule has 3 nitrogen and oxygen atoms in total. The Morgan fingerprint density at radius 1 is 1.05 bits per heavy atom. The van der Waals surface area contributed by atoms with Crippen molar-refractivity contribution in [3.05, 3.63) is 36.5 Å². The molecule has 1 aromatic heterocycles. The smallest absolute Gasteiger partial charge is 0.0722 e. The number of anilines is 1. The second-order valence-electron chi connectivity index (χ2n) is 6.37. The van der Waals surface area contributed by atoms with Gasteiger partial charge < -0.3 is 10.2 Å². The van der Waals surface area contributed by atoms with Crippen LogP contribution in [-0.2, 0) is 0 Å². The molecule has 1 N–H and O–H groups in total. The Balaban J connectivity index is 1.52. The van der Waals surface area contributed by atoms with Gasteiger partial charge in [0.15, 0.2) is 0 Å². The van der Waals surface area contributed by atoms with Crippen LogP contribution in [0.15, 0.2) is 36.5 Å². The topological polar surface area (TPSA) is 28.2 Å². The first-order chi connectivity index (χ1) is 10.4. The Morgan fingerprint density at radius 3 is 2.71 bits per heavy atom. The molecular formula is C18H23N3. The van der Waals surface area contributed by atoms with E-state index < -0.39 is 0 Å². The Morgan fingerprint density at radius 2 is 1.90 bits per heavy atom. The van der Waals surface area contributed by atoms with Gasteiger partial charge in [-0.3, -0.25) is 4.98 Å². The average molecular weight is 281 g/mol. The van der Waals surface area contributed by atoms with Crippen molar-refractivity contribution < 1.29 is 0 Å². The van der Waals surface area contributed by atoms with Crippen molar-refractivity contribution in [2.24, 2.45) is 5.92 Å². The zero-order valence-corrected chi connectivity index (χ0v) is 12.5. The fourth-order valence-electron chi connectivity index (χ4n) is 4.01. The van der Waals surface area contributed by atoms with E-state index in [1.165, 1.54) is 56.4 Å². The van der Waals surface area contributed by atoms with Crippen LogP contribution in [0.4, 0.5) is 5.69 Å². The molecule has 1 unspecified atom stereocenters. The first-order valence-corrected chi connectivity index (χ1v) is 8.24. The Hall–Kier alpha value is -1.61. The number of fused-ring (bicyclic) bond motifs is 1. The molecule has 0 radical (unpaired) electrons. The molecule has 0 bridgehead atoms. The van der Waals surface area contributed by atoms with Gasteiger partial charge in [0.05, 0.1) is 5.52 Å². The van der Waals surface area contributed by atoms with Crippen LogP contribution < -0.4 is 10.2 Å². The summed E-state index contributed by atoms with van der Waals surface area (Å²) in [7, 11) is 0. The molecule has 4 rings (SSSR count). The molecule has 0 saturated carbocycles. The van der Waals surface area contributed by atoms with E-state index in [1.807, 2.05) is 6.20 Å². The monoisotopic (exact) mass is 281 g/mol. The lowest BCUT2D eigenvalue weighted by atomic mass is 9.88. The van der Waals surface area contributed by atoms with E-state index in [1.54, 1.807) is 0 Å². The maximum atomic E-state index is 4.48. The van der Waals surface area contributed by atoms with Gasteiger partial charge in [-0.05, 0) is 50.3 Å². The number of benzene rings is 1. The summed E-state index contributed by atoms with van der Waals surface area (Å²) in [5.74, 6) is 0.872. The lowest BCUT2D eigenvalue weighted by Gasteiger charge is -2.36. The van der Waals surface area contributed by atoms with Crippen LogP contribution in [0, 0.1) is 5.92 Å². The third-order valence-corrected chi connectivity index (χ3v) is 5.17. The number of hydrogen-bond donors (Lipinski definition) is 1. The first-order valence-electron chi connectivity index (χ1n) is 8.24.